The molecule has 0 radical (unpaired) electrons. The van der Waals surface area contributed by atoms with Gasteiger partial charge in [-0.25, -0.2) is 8.42 Å². The molecule has 2 rings (SSSR count). The van der Waals surface area contributed by atoms with Crippen molar-refractivity contribution in [3.63, 3.8) is 0 Å². The molecular weight excluding hydrogens is 368 g/mol. The van der Waals surface area contributed by atoms with Crippen LogP contribution >= 0.6 is 28.3 Å². The number of hydrogen-bond donors (Lipinski definition) is 1. The molecule has 5 nitrogen and oxygen atoms in total. The molecule has 0 amide bonds. The van der Waals surface area contributed by atoms with Crippen molar-refractivity contribution in [2.24, 2.45) is 11.7 Å². The largest absolute Gasteiger partial charge is 0.497 e. The minimum Gasteiger partial charge on any atom is -0.497 e. The van der Waals surface area contributed by atoms with Gasteiger partial charge in [0.1, 0.15) is 10.6 Å². The van der Waals surface area contributed by atoms with Crippen LogP contribution in [0.3, 0.4) is 0 Å². The number of rotatable bonds is 4. The molecule has 0 bridgehead atoms. The Morgan fingerprint density at radius 3 is 2.75 bits per heavy atom. The van der Waals surface area contributed by atoms with Crippen LogP contribution in [0, 0.1) is 5.92 Å². The van der Waals surface area contributed by atoms with E-state index < -0.39 is 10.0 Å². The van der Waals surface area contributed by atoms with Gasteiger partial charge in [0.15, 0.2) is 0 Å². The number of hydrogen-bond acceptors (Lipinski definition) is 4. The average Bonchev–Trinajstić information content (AvgIpc) is 2.88. The summed E-state index contributed by atoms with van der Waals surface area (Å²) in [5.74, 6) is 0.774. The molecule has 1 saturated heterocycles. The number of benzene rings is 1. The van der Waals surface area contributed by atoms with Crippen molar-refractivity contribution in [2.75, 3.05) is 26.7 Å². The van der Waals surface area contributed by atoms with E-state index in [1.807, 2.05) is 0 Å². The summed E-state index contributed by atoms with van der Waals surface area (Å²) in [5.41, 5.74) is 5.60. The second kappa shape index (κ2) is 7.09. The highest BCUT2D eigenvalue weighted by Crippen LogP contribution is 2.31. The summed E-state index contributed by atoms with van der Waals surface area (Å²) < 4.78 is 32.3. The van der Waals surface area contributed by atoms with E-state index in [2.05, 4.69) is 15.9 Å². The summed E-state index contributed by atoms with van der Waals surface area (Å²) in [7, 11) is -1.98. The van der Waals surface area contributed by atoms with Crippen molar-refractivity contribution < 1.29 is 13.2 Å². The molecule has 0 aliphatic carbocycles. The summed E-state index contributed by atoms with van der Waals surface area (Å²) in [6.07, 6.45) is 0.817. The highest BCUT2D eigenvalue weighted by Gasteiger charge is 2.33. The minimum atomic E-state index is -3.49. The van der Waals surface area contributed by atoms with Crippen LogP contribution in [0.25, 0.3) is 0 Å². The maximum Gasteiger partial charge on any atom is 0.244 e. The Balaban J connectivity index is 0.00000200. The van der Waals surface area contributed by atoms with E-state index in [1.165, 1.54) is 17.5 Å². The summed E-state index contributed by atoms with van der Waals surface area (Å²) in [6.45, 7) is 1.53. The molecule has 0 aromatic heterocycles. The number of halogens is 2. The Hall–Kier alpha value is -0.340. The van der Waals surface area contributed by atoms with Gasteiger partial charge in [-0.05, 0) is 46.9 Å². The predicted octanol–water partition coefficient (Wildman–Crippen LogP) is 1.85. The third kappa shape index (κ3) is 3.46. The molecule has 1 aromatic carbocycles. The molecule has 0 spiro atoms. The SMILES string of the molecule is COc1ccc(Br)c(S(=O)(=O)N2CCC(CN)C2)c1.Cl. The second-order valence-electron chi connectivity index (χ2n) is 4.55. The number of methoxy groups -OCH3 is 1. The normalized spacial score (nSPS) is 19.6. The maximum absolute atomic E-state index is 12.6. The van der Waals surface area contributed by atoms with E-state index in [0.717, 1.165) is 6.42 Å². The van der Waals surface area contributed by atoms with Crippen molar-refractivity contribution >= 4 is 38.4 Å². The molecule has 8 heteroatoms. The third-order valence-electron chi connectivity index (χ3n) is 3.34. The van der Waals surface area contributed by atoms with Gasteiger partial charge in [-0.2, -0.15) is 4.31 Å². The molecule has 1 fully saturated rings. The zero-order chi connectivity index (χ0) is 14.0. The van der Waals surface area contributed by atoms with Crippen LogP contribution in [0.4, 0.5) is 0 Å². The molecule has 20 heavy (non-hydrogen) atoms. The van der Waals surface area contributed by atoms with Gasteiger partial charge in [0.25, 0.3) is 0 Å². The van der Waals surface area contributed by atoms with Crippen molar-refractivity contribution in [3.8, 4) is 5.75 Å². The highest BCUT2D eigenvalue weighted by molar-refractivity contribution is 9.10. The van der Waals surface area contributed by atoms with Gasteiger partial charge in [-0.15, -0.1) is 12.4 Å². The molecule has 1 unspecified atom stereocenters. The Kier molecular flexibility index (Phi) is 6.27. The van der Waals surface area contributed by atoms with E-state index in [9.17, 15) is 8.42 Å². The van der Waals surface area contributed by atoms with E-state index in [-0.39, 0.29) is 23.2 Å². The van der Waals surface area contributed by atoms with E-state index in [4.69, 9.17) is 10.5 Å². The van der Waals surface area contributed by atoms with Gasteiger partial charge in [0.05, 0.1) is 7.11 Å². The molecule has 1 aromatic rings. The summed E-state index contributed by atoms with van der Waals surface area (Å²) >= 11 is 3.29. The molecule has 1 aliphatic rings. The van der Waals surface area contributed by atoms with Crippen LogP contribution in [-0.2, 0) is 10.0 Å². The number of nitrogens with two attached hydrogens (primary N) is 1. The Morgan fingerprint density at radius 1 is 1.50 bits per heavy atom. The molecule has 2 N–H and O–H groups in total. The van der Waals surface area contributed by atoms with Crippen LogP contribution in [0.2, 0.25) is 0 Å². The number of nitrogens with zero attached hydrogens (tertiary/aromatic N) is 1. The first-order chi connectivity index (χ1) is 8.98. The lowest BCUT2D eigenvalue weighted by Crippen LogP contribution is -2.30. The van der Waals surface area contributed by atoms with Crippen molar-refractivity contribution in [1.82, 2.24) is 4.31 Å². The van der Waals surface area contributed by atoms with E-state index in [0.29, 0.717) is 29.9 Å². The van der Waals surface area contributed by atoms with Crippen LogP contribution in [-0.4, -0.2) is 39.5 Å². The van der Waals surface area contributed by atoms with Gasteiger partial charge in [-0.1, -0.05) is 0 Å². The monoisotopic (exact) mass is 384 g/mol. The van der Waals surface area contributed by atoms with E-state index in [1.54, 1.807) is 12.1 Å². The zero-order valence-corrected chi connectivity index (χ0v) is 14.3. The quantitative estimate of drug-likeness (QED) is 0.858. The number of sulfonamides is 1. The lowest BCUT2D eigenvalue weighted by Gasteiger charge is -2.18. The van der Waals surface area contributed by atoms with Crippen molar-refractivity contribution in [1.29, 1.82) is 0 Å². The van der Waals surface area contributed by atoms with Gasteiger partial charge in [0, 0.05) is 23.6 Å². The molecule has 1 aliphatic heterocycles. The first-order valence-electron chi connectivity index (χ1n) is 6.02. The van der Waals surface area contributed by atoms with Crippen molar-refractivity contribution in [2.45, 2.75) is 11.3 Å². The van der Waals surface area contributed by atoms with Crippen LogP contribution in [0.1, 0.15) is 6.42 Å². The van der Waals surface area contributed by atoms with Gasteiger partial charge < -0.3 is 10.5 Å². The maximum atomic E-state index is 12.6. The first kappa shape index (κ1) is 17.7. The fourth-order valence-corrected chi connectivity index (χ4v) is 4.63. The topological polar surface area (TPSA) is 72.6 Å². The molecular formula is C12H18BrClN2O3S. The van der Waals surface area contributed by atoms with Gasteiger partial charge in [0.2, 0.25) is 10.0 Å². The zero-order valence-electron chi connectivity index (χ0n) is 11.1. The Morgan fingerprint density at radius 2 is 2.20 bits per heavy atom. The highest BCUT2D eigenvalue weighted by atomic mass is 79.9. The fourth-order valence-electron chi connectivity index (χ4n) is 2.16. The lowest BCUT2D eigenvalue weighted by molar-refractivity contribution is 0.412. The van der Waals surface area contributed by atoms with Gasteiger partial charge >= 0.3 is 0 Å². The molecule has 114 valence electrons. The summed E-state index contributed by atoms with van der Waals surface area (Å²) in [5, 5.41) is 0. The van der Waals surface area contributed by atoms with E-state index >= 15 is 0 Å². The lowest BCUT2D eigenvalue weighted by atomic mass is 10.1. The van der Waals surface area contributed by atoms with Gasteiger partial charge in [-0.3, -0.25) is 0 Å². The average molecular weight is 386 g/mol. The molecule has 0 saturated carbocycles. The summed E-state index contributed by atoms with van der Waals surface area (Å²) in [6, 6.07) is 4.94. The first-order valence-corrected chi connectivity index (χ1v) is 8.26. The Labute approximate surface area is 134 Å². The van der Waals surface area contributed by atoms with Crippen LogP contribution < -0.4 is 10.5 Å². The number of ether oxygens (including phenoxy) is 1. The third-order valence-corrected chi connectivity index (χ3v) is 6.20. The minimum absolute atomic E-state index is 0. The second-order valence-corrected chi connectivity index (χ2v) is 7.31. The standard InChI is InChI=1S/C12H17BrN2O3S.ClH/c1-18-10-2-3-11(13)12(6-10)19(16,17)15-5-4-9(7-14)8-15;/h2-3,6,9H,4-5,7-8,14H2,1H3;1H. The fraction of sp³-hybridized carbons (Fsp3) is 0.500. The Bertz CT molecular complexity index is 568. The molecule has 1 heterocycles. The summed E-state index contributed by atoms with van der Waals surface area (Å²) in [4.78, 5) is 0.240. The van der Waals surface area contributed by atoms with Crippen molar-refractivity contribution in [3.05, 3.63) is 22.7 Å². The van der Waals surface area contributed by atoms with Crippen LogP contribution in [0.15, 0.2) is 27.6 Å². The molecule has 1 atom stereocenters. The van der Waals surface area contributed by atoms with Crippen LogP contribution in [0.5, 0.6) is 5.75 Å². The smallest absolute Gasteiger partial charge is 0.244 e. The predicted molar refractivity (Wildman–Crippen MR) is 83.9 cm³/mol.